The molecule has 0 saturated heterocycles. The summed E-state index contributed by atoms with van der Waals surface area (Å²) in [4.78, 5) is 16.7. The van der Waals surface area contributed by atoms with E-state index in [4.69, 9.17) is 5.73 Å². The van der Waals surface area contributed by atoms with Gasteiger partial charge < -0.3 is 20.6 Å². The van der Waals surface area contributed by atoms with Crippen molar-refractivity contribution in [3.05, 3.63) is 53.5 Å². The summed E-state index contributed by atoms with van der Waals surface area (Å²) in [7, 11) is 1.68. The van der Waals surface area contributed by atoms with Crippen LogP contribution in [0.15, 0.2) is 52.7 Å². The van der Waals surface area contributed by atoms with Gasteiger partial charge in [-0.2, -0.15) is 0 Å². The van der Waals surface area contributed by atoms with E-state index < -0.39 is 5.41 Å². The van der Waals surface area contributed by atoms with Crippen molar-refractivity contribution >= 4 is 17.7 Å². The van der Waals surface area contributed by atoms with E-state index in [1.54, 1.807) is 25.4 Å². The van der Waals surface area contributed by atoms with Gasteiger partial charge >= 0.3 is 0 Å². The van der Waals surface area contributed by atoms with Gasteiger partial charge in [0.05, 0.1) is 16.8 Å². The quantitative estimate of drug-likeness (QED) is 0.709. The van der Waals surface area contributed by atoms with Crippen LogP contribution in [0, 0.1) is 11.2 Å². The monoisotopic (exact) mass is 413 g/mol. The summed E-state index contributed by atoms with van der Waals surface area (Å²) in [5.41, 5.74) is 8.87. The van der Waals surface area contributed by atoms with Crippen molar-refractivity contribution in [1.29, 1.82) is 0 Å². The minimum atomic E-state index is -0.474. The van der Waals surface area contributed by atoms with Gasteiger partial charge in [-0.15, -0.1) is 0 Å². The summed E-state index contributed by atoms with van der Waals surface area (Å²) in [6.45, 7) is 2.78. The molecule has 2 saturated carbocycles. The molecule has 1 aromatic carbocycles. The zero-order valence-corrected chi connectivity index (χ0v) is 17.9. The van der Waals surface area contributed by atoms with Gasteiger partial charge in [0, 0.05) is 25.8 Å². The van der Waals surface area contributed by atoms with Crippen LogP contribution >= 0.6 is 0 Å². The number of nitrogens with two attached hydrogens (primary N) is 1. The van der Waals surface area contributed by atoms with E-state index in [-0.39, 0.29) is 5.82 Å². The van der Waals surface area contributed by atoms with E-state index in [0.717, 1.165) is 49.0 Å². The van der Waals surface area contributed by atoms with Gasteiger partial charge in [-0.1, -0.05) is 5.57 Å². The number of carbonyl (C=O) groups excluding carboxylic acids is 1. The molecule has 0 aromatic heterocycles. The lowest BCUT2D eigenvalue weighted by molar-refractivity contribution is -0.115. The Morgan fingerprint density at radius 1 is 1.27 bits per heavy atom. The zero-order chi connectivity index (χ0) is 21.6. The van der Waals surface area contributed by atoms with Crippen LogP contribution in [0.4, 0.5) is 10.1 Å². The fourth-order valence-corrected chi connectivity index (χ4v) is 4.14. The van der Waals surface area contributed by atoms with Crippen LogP contribution < -0.4 is 11.1 Å². The highest BCUT2D eigenvalue weighted by Crippen LogP contribution is 2.47. The summed E-state index contributed by atoms with van der Waals surface area (Å²) in [6, 6.07) is 7.11. The molecule has 4 rings (SSSR count). The Bertz CT molecular complexity index is 825. The first-order valence-electron chi connectivity index (χ1n) is 10.7. The number of benzene rings is 1. The predicted molar refractivity (Wildman–Crippen MR) is 118 cm³/mol. The standard InChI is InChI=1S/C21H24FN3O.C3H8O/c22-16-2-5-18(6-3-16)25-20-9-15-1-4-19(24-17-7-8-17)11-21(15,13-26)10-14(20)12-23;1-3-4-2/h2-3,5-6,9,12-13,17,19,24H,1,4,7-8,10-11,23H2;3H2,1-2H3/b14-12-,25-20?;. The fourth-order valence-electron chi connectivity index (χ4n) is 4.14. The number of carbonyl (C=O) groups is 1. The Morgan fingerprint density at radius 3 is 2.53 bits per heavy atom. The molecule has 5 nitrogen and oxygen atoms in total. The molecule has 0 spiro atoms. The highest BCUT2D eigenvalue weighted by atomic mass is 19.1. The number of hydrogen-bond donors (Lipinski definition) is 2. The van der Waals surface area contributed by atoms with Crippen molar-refractivity contribution in [1.82, 2.24) is 5.32 Å². The van der Waals surface area contributed by atoms with E-state index >= 15 is 0 Å². The van der Waals surface area contributed by atoms with Gasteiger partial charge in [-0.25, -0.2) is 9.38 Å². The lowest BCUT2D eigenvalue weighted by atomic mass is 9.63. The number of allylic oxidation sites excluding steroid dienone is 3. The first-order chi connectivity index (χ1) is 14.5. The Morgan fingerprint density at radius 2 is 1.97 bits per heavy atom. The van der Waals surface area contributed by atoms with Crippen molar-refractivity contribution in [2.24, 2.45) is 16.1 Å². The molecule has 2 atom stereocenters. The van der Waals surface area contributed by atoms with Crippen LogP contribution in [0.25, 0.3) is 0 Å². The fraction of sp³-hybridized carbons (Fsp3) is 0.500. The third-order valence-corrected chi connectivity index (χ3v) is 6.00. The van der Waals surface area contributed by atoms with Crippen LogP contribution in [-0.2, 0) is 9.53 Å². The number of nitrogens with zero attached hydrogens (tertiary/aromatic N) is 1. The molecule has 162 valence electrons. The maximum absolute atomic E-state index is 13.1. The smallest absolute Gasteiger partial charge is 0.130 e. The summed E-state index contributed by atoms with van der Waals surface area (Å²) in [5, 5.41) is 3.67. The molecule has 0 amide bonds. The van der Waals surface area contributed by atoms with Gasteiger partial charge in [0.15, 0.2) is 0 Å². The molecule has 0 radical (unpaired) electrons. The number of halogens is 1. The van der Waals surface area contributed by atoms with Gasteiger partial charge in [0.2, 0.25) is 0 Å². The minimum absolute atomic E-state index is 0.285. The molecular weight excluding hydrogens is 381 g/mol. The third kappa shape index (κ3) is 5.43. The molecule has 0 bridgehead atoms. The normalized spacial score (nSPS) is 28.4. The van der Waals surface area contributed by atoms with Crippen molar-refractivity contribution in [2.45, 2.75) is 57.5 Å². The van der Waals surface area contributed by atoms with Crippen LogP contribution in [-0.4, -0.2) is 37.8 Å². The van der Waals surface area contributed by atoms with Crippen molar-refractivity contribution < 1.29 is 13.9 Å². The Kier molecular flexibility index (Phi) is 7.56. The van der Waals surface area contributed by atoms with E-state index in [1.807, 2.05) is 13.0 Å². The Labute approximate surface area is 178 Å². The molecule has 3 N–H and O–H groups in total. The number of rotatable bonds is 5. The molecule has 0 aliphatic heterocycles. The Hall–Kier alpha value is -2.31. The summed E-state index contributed by atoms with van der Waals surface area (Å²) in [6.07, 6.45) is 10.5. The topological polar surface area (TPSA) is 76.7 Å². The van der Waals surface area contributed by atoms with E-state index in [0.29, 0.717) is 24.2 Å². The number of fused-ring (bicyclic) bond motifs is 1. The van der Waals surface area contributed by atoms with E-state index in [1.165, 1.54) is 25.0 Å². The van der Waals surface area contributed by atoms with Gasteiger partial charge in [-0.3, -0.25) is 0 Å². The molecule has 3 aliphatic rings. The number of aldehydes is 1. The summed E-state index contributed by atoms with van der Waals surface area (Å²) >= 11 is 0. The van der Waals surface area contributed by atoms with Crippen molar-refractivity contribution in [2.75, 3.05) is 13.7 Å². The highest BCUT2D eigenvalue weighted by molar-refractivity contribution is 6.12. The summed E-state index contributed by atoms with van der Waals surface area (Å²) in [5.74, 6) is -0.285. The zero-order valence-electron chi connectivity index (χ0n) is 17.9. The van der Waals surface area contributed by atoms with Gasteiger partial charge in [0.25, 0.3) is 0 Å². The maximum atomic E-state index is 13.1. The third-order valence-electron chi connectivity index (χ3n) is 6.00. The first kappa shape index (κ1) is 22.4. The lowest BCUT2D eigenvalue weighted by Crippen LogP contribution is -2.44. The van der Waals surface area contributed by atoms with Gasteiger partial charge in [-0.05, 0) is 87.6 Å². The minimum Gasteiger partial charge on any atom is -0.404 e. The largest absolute Gasteiger partial charge is 0.404 e. The second-order valence-corrected chi connectivity index (χ2v) is 8.24. The lowest BCUT2D eigenvalue weighted by Gasteiger charge is -2.42. The summed E-state index contributed by atoms with van der Waals surface area (Å²) < 4.78 is 17.7. The molecule has 3 aliphatic carbocycles. The average Bonchev–Trinajstić information content (AvgIpc) is 3.59. The number of methoxy groups -OCH3 is 1. The van der Waals surface area contributed by atoms with Crippen LogP contribution in [0.5, 0.6) is 0 Å². The van der Waals surface area contributed by atoms with Crippen LogP contribution in [0.3, 0.4) is 0 Å². The number of hydrogen-bond acceptors (Lipinski definition) is 5. The molecule has 2 fully saturated rings. The maximum Gasteiger partial charge on any atom is 0.130 e. The SMILES string of the molecule is CCOC.N/C=C1/CC2(C=O)CC(NC3CC3)CCC2=CC1=Nc1ccc(F)cc1. The molecular formula is C24H32FN3O2. The van der Waals surface area contributed by atoms with Crippen molar-refractivity contribution in [3.8, 4) is 0 Å². The van der Waals surface area contributed by atoms with Crippen molar-refractivity contribution in [3.63, 3.8) is 0 Å². The number of aliphatic imine (C=N–C) groups is 1. The molecule has 0 heterocycles. The average molecular weight is 414 g/mol. The first-order valence-corrected chi connectivity index (χ1v) is 10.7. The molecule has 6 heteroatoms. The molecule has 30 heavy (non-hydrogen) atoms. The Balaban J connectivity index is 0.000000589. The van der Waals surface area contributed by atoms with Gasteiger partial charge in [0.1, 0.15) is 12.1 Å². The molecule has 1 aromatic rings. The van der Waals surface area contributed by atoms with Crippen LogP contribution in [0.2, 0.25) is 0 Å². The predicted octanol–water partition coefficient (Wildman–Crippen LogP) is 4.21. The number of nitrogens with one attached hydrogen (secondary N) is 1. The second kappa shape index (κ2) is 10.1. The highest BCUT2D eigenvalue weighted by Gasteiger charge is 2.44. The van der Waals surface area contributed by atoms with E-state index in [2.05, 4.69) is 15.0 Å². The van der Waals surface area contributed by atoms with Crippen LogP contribution in [0.1, 0.15) is 45.4 Å². The second-order valence-electron chi connectivity index (χ2n) is 8.24. The molecule has 2 unspecified atom stereocenters. The number of ether oxygens (including phenoxy) is 1. The van der Waals surface area contributed by atoms with E-state index in [9.17, 15) is 9.18 Å².